The minimum Gasteiger partial charge on any atom is -0.341 e. The fourth-order valence-corrected chi connectivity index (χ4v) is 2.79. The van der Waals surface area contributed by atoms with Crippen LogP contribution in [-0.4, -0.2) is 47.3 Å². The average molecular weight is 224 g/mol. The van der Waals surface area contributed by atoms with E-state index in [0.29, 0.717) is 13.1 Å². The van der Waals surface area contributed by atoms with E-state index in [-0.39, 0.29) is 23.3 Å². The molecule has 4 heteroatoms. The van der Waals surface area contributed by atoms with Crippen molar-refractivity contribution in [2.75, 3.05) is 19.6 Å². The smallest absolute Gasteiger partial charge is 0.232 e. The zero-order chi connectivity index (χ0) is 11.9. The molecule has 2 aliphatic heterocycles. The van der Waals surface area contributed by atoms with Crippen LogP contribution in [0.4, 0.5) is 0 Å². The Morgan fingerprint density at radius 2 is 2.00 bits per heavy atom. The van der Waals surface area contributed by atoms with E-state index in [1.807, 2.05) is 4.90 Å². The molecule has 2 saturated heterocycles. The molecule has 0 saturated carbocycles. The number of rotatable bonds is 1. The van der Waals surface area contributed by atoms with E-state index in [1.165, 1.54) is 0 Å². The molecule has 0 radical (unpaired) electrons. The molecule has 16 heavy (non-hydrogen) atoms. The van der Waals surface area contributed by atoms with Crippen LogP contribution in [0.1, 0.15) is 33.6 Å². The summed E-state index contributed by atoms with van der Waals surface area (Å²) in [5.41, 5.74) is -0.242. The molecule has 2 aliphatic rings. The number of nitrogens with zero attached hydrogens (tertiary/aromatic N) is 2. The zero-order valence-electron chi connectivity index (χ0n) is 10.3. The Balaban J connectivity index is 2.07. The summed E-state index contributed by atoms with van der Waals surface area (Å²) in [4.78, 5) is 27.2. The van der Waals surface area contributed by atoms with Crippen molar-refractivity contribution < 1.29 is 9.59 Å². The molecule has 90 valence electrons. The lowest BCUT2D eigenvalue weighted by molar-refractivity contribution is -0.166. The molecule has 4 nitrogen and oxygen atoms in total. The summed E-state index contributed by atoms with van der Waals surface area (Å²) in [6.07, 6.45) is 2.01. The number of hydrogen-bond donors (Lipinski definition) is 0. The predicted molar refractivity (Wildman–Crippen MR) is 60.8 cm³/mol. The van der Waals surface area contributed by atoms with E-state index >= 15 is 0 Å². The van der Waals surface area contributed by atoms with Gasteiger partial charge < -0.3 is 9.80 Å². The fraction of sp³-hybridized carbons (Fsp3) is 0.833. The molecule has 2 rings (SSSR count). The number of amides is 2. The lowest BCUT2D eigenvalue weighted by Gasteiger charge is -2.53. The summed E-state index contributed by atoms with van der Waals surface area (Å²) in [5.74, 6) is 0.339. The summed E-state index contributed by atoms with van der Waals surface area (Å²) < 4.78 is 0. The summed E-state index contributed by atoms with van der Waals surface area (Å²) in [6, 6.07) is 0.274. The van der Waals surface area contributed by atoms with Crippen LogP contribution in [0.15, 0.2) is 0 Å². The van der Waals surface area contributed by atoms with Crippen molar-refractivity contribution >= 4 is 11.8 Å². The fourth-order valence-electron chi connectivity index (χ4n) is 2.79. The Morgan fingerprint density at radius 3 is 2.50 bits per heavy atom. The van der Waals surface area contributed by atoms with Gasteiger partial charge in [0.15, 0.2) is 0 Å². The molecule has 0 atom stereocenters. The van der Waals surface area contributed by atoms with E-state index in [2.05, 4.69) is 13.8 Å². The number of piperidine rings is 1. The molecule has 0 aromatic rings. The maximum atomic E-state index is 12.3. The van der Waals surface area contributed by atoms with Gasteiger partial charge in [0.2, 0.25) is 11.8 Å². The quantitative estimate of drug-likeness (QED) is 0.663. The van der Waals surface area contributed by atoms with Crippen molar-refractivity contribution in [3.63, 3.8) is 0 Å². The molecule has 0 aliphatic carbocycles. The maximum Gasteiger partial charge on any atom is 0.232 e. The molecule has 2 heterocycles. The Morgan fingerprint density at radius 1 is 1.38 bits per heavy atom. The van der Waals surface area contributed by atoms with Crippen molar-refractivity contribution in [1.82, 2.24) is 9.80 Å². The van der Waals surface area contributed by atoms with Crippen LogP contribution in [0.25, 0.3) is 0 Å². The molecule has 2 amide bonds. The summed E-state index contributed by atoms with van der Waals surface area (Å²) in [7, 11) is 0. The van der Waals surface area contributed by atoms with Crippen LogP contribution in [-0.2, 0) is 9.59 Å². The first-order valence-corrected chi connectivity index (χ1v) is 6.03. The first-order valence-electron chi connectivity index (χ1n) is 6.03. The van der Waals surface area contributed by atoms with E-state index in [4.69, 9.17) is 0 Å². The van der Waals surface area contributed by atoms with Gasteiger partial charge >= 0.3 is 0 Å². The van der Waals surface area contributed by atoms with Crippen LogP contribution in [0.3, 0.4) is 0 Å². The standard InChI is InChI=1S/C12H20N2O2/c1-9(2)14-6-4-5-12(11(14)16)7-13(8-12)10(3)15/h9H,4-8H2,1-3H3. The van der Waals surface area contributed by atoms with Gasteiger partial charge in [-0.3, -0.25) is 9.59 Å². The Hall–Kier alpha value is -1.06. The van der Waals surface area contributed by atoms with E-state index < -0.39 is 0 Å². The second-order valence-electron chi connectivity index (χ2n) is 5.35. The molecule has 2 fully saturated rings. The van der Waals surface area contributed by atoms with Gasteiger partial charge in [-0.15, -0.1) is 0 Å². The van der Waals surface area contributed by atoms with Crippen molar-refractivity contribution in [2.45, 2.75) is 39.7 Å². The number of likely N-dealkylation sites (tertiary alicyclic amines) is 2. The van der Waals surface area contributed by atoms with Gasteiger partial charge in [-0.05, 0) is 26.7 Å². The van der Waals surface area contributed by atoms with E-state index in [1.54, 1.807) is 11.8 Å². The summed E-state index contributed by atoms with van der Waals surface area (Å²) >= 11 is 0. The topological polar surface area (TPSA) is 40.6 Å². The van der Waals surface area contributed by atoms with Crippen LogP contribution in [0.2, 0.25) is 0 Å². The SMILES string of the molecule is CC(=O)N1CC2(CCCN(C(C)C)C2=O)C1. The first-order chi connectivity index (χ1) is 7.46. The molecule has 0 unspecified atom stereocenters. The Kier molecular flexibility index (Phi) is 2.68. The molecule has 0 bridgehead atoms. The minimum atomic E-state index is -0.242. The van der Waals surface area contributed by atoms with Gasteiger partial charge in [-0.25, -0.2) is 0 Å². The van der Waals surface area contributed by atoms with E-state index in [9.17, 15) is 9.59 Å². The van der Waals surface area contributed by atoms with Gasteiger partial charge in [0.25, 0.3) is 0 Å². The third-order valence-electron chi connectivity index (χ3n) is 3.82. The van der Waals surface area contributed by atoms with Crippen LogP contribution < -0.4 is 0 Å². The molecule has 0 N–H and O–H groups in total. The van der Waals surface area contributed by atoms with Crippen LogP contribution >= 0.6 is 0 Å². The van der Waals surface area contributed by atoms with Crippen LogP contribution in [0, 0.1) is 5.41 Å². The molecular formula is C12H20N2O2. The molecule has 0 aromatic carbocycles. The summed E-state index contributed by atoms with van der Waals surface area (Å²) in [5, 5.41) is 0. The maximum absolute atomic E-state index is 12.3. The van der Waals surface area contributed by atoms with Gasteiger partial charge in [0.1, 0.15) is 0 Å². The third-order valence-corrected chi connectivity index (χ3v) is 3.82. The highest BCUT2D eigenvalue weighted by Crippen LogP contribution is 2.40. The second kappa shape index (κ2) is 3.75. The zero-order valence-corrected chi connectivity index (χ0v) is 10.3. The highest BCUT2D eigenvalue weighted by atomic mass is 16.2. The van der Waals surface area contributed by atoms with Crippen molar-refractivity contribution in [1.29, 1.82) is 0 Å². The Labute approximate surface area is 96.6 Å². The van der Waals surface area contributed by atoms with Crippen molar-refractivity contribution in [2.24, 2.45) is 5.41 Å². The summed E-state index contributed by atoms with van der Waals surface area (Å²) in [6.45, 7) is 7.81. The van der Waals surface area contributed by atoms with E-state index in [0.717, 1.165) is 19.4 Å². The lowest BCUT2D eigenvalue weighted by atomic mass is 9.72. The Bertz CT molecular complexity index is 319. The number of hydrogen-bond acceptors (Lipinski definition) is 2. The van der Waals surface area contributed by atoms with Gasteiger partial charge in [-0.1, -0.05) is 0 Å². The number of carbonyl (C=O) groups is 2. The number of carbonyl (C=O) groups excluding carboxylic acids is 2. The van der Waals surface area contributed by atoms with Gasteiger partial charge in [0, 0.05) is 32.6 Å². The monoisotopic (exact) mass is 224 g/mol. The average Bonchev–Trinajstić information content (AvgIpc) is 2.13. The minimum absolute atomic E-state index is 0.0834. The molecule has 1 spiro atoms. The molecular weight excluding hydrogens is 204 g/mol. The second-order valence-corrected chi connectivity index (χ2v) is 5.35. The normalized spacial score (nSPS) is 23.9. The van der Waals surface area contributed by atoms with Crippen molar-refractivity contribution in [3.8, 4) is 0 Å². The highest BCUT2D eigenvalue weighted by Gasteiger charge is 2.53. The van der Waals surface area contributed by atoms with Gasteiger partial charge in [0.05, 0.1) is 5.41 Å². The largest absolute Gasteiger partial charge is 0.341 e. The lowest BCUT2D eigenvalue weighted by Crippen LogP contribution is -2.67. The predicted octanol–water partition coefficient (Wildman–Crippen LogP) is 0.866. The molecule has 0 aromatic heterocycles. The van der Waals surface area contributed by atoms with Gasteiger partial charge in [-0.2, -0.15) is 0 Å². The third kappa shape index (κ3) is 1.60. The highest BCUT2D eigenvalue weighted by molar-refractivity contribution is 5.88. The van der Waals surface area contributed by atoms with Crippen molar-refractivity contribution in [3.05, 3.63) is 0 Å². The van der Waals surface area contributed by atoms with Crippen LogP contribution in [0.5, 0.6) is 0 Å². The first kappa shape index (κ1) is 11.4.